The molecule has 0 N–H and O–H groups in total. The lowest BCUT2D eigenvalue weighted by atomic mass is 10.2. The first kappa shape index (κ1) is 16.5. The Morgan fingerprint density at radius 2 is 2.00 bits per heavy atom. The molecule has 2 nitrogen and oxygen atoms in total. The highest BCUT2D eigenvalue weighted by Crippen LogP contribution is 2.13. The number of unbranched alkanes of at least 4 members (excludes halogenated alkanes) is 1. The van der Waals surface area contributed by atoms with Gasteiger partial charge >= 0.3 is 0 Å². The molecule has 2 atom stereocenters. The highest BCUT2D eigenvalue weighted by Gasteiger charge is 2.12. The van der Waals surface area contributed by atoms with Crippen LogP contribution in [0.3, 0.4) is 0 Å². The summed E-state index contributed by atoms with van der Waals surface area (Å²) in [6.45, 7) is 4.19. The Labute approximate surface area is 132 Å². The molecule has 0 saturated carbocycles. The minimum Gasteiger partial charge on any atom is -0.353 e. The molecule has 0 radical (unpaired) electrons. The fourth-order valence-electron chi connectivity index (χ4n) is 2.13. The second-order valence-electron chi connectivity index (χ2n) is 5.63. The van der Waals surface area contributed by atoms with Crippen LogP contribution < -0.4 is 0 Å². The van der Waals surface area contributed by atoms with Gasteiger partial charge in [-0.1, -0.05) is 50.3 Å². The van der Waals surface area contributed by atoms with Gasteiger partial charge in [0.1, 0.15) is 0 Å². The van der Waals surface area contributed by atoms with Crippen LogP contribution in [0.2, 0.25) is 0 Å². The van der Waals surface area contributed by atoms with Crippen LogP contribution in [0.1, 0.15) is 60.1 Å². The van der Waals surface area contributed by atoms with E-state index >= 15 is 0 Å². The molecule has 0 aliphatic carbocycles. The first-order chi connectivity index (χ1) is 10.8. The zero-order valence-electron chi connectivity index (χ0n) is 14.5. The van der Waals surface area contributed by atoms with E-state index in [0.29, 0.717) is 12.8 Å². The smallest absolute Gasteiger partial charge is 0.157 e. The van der Waals surface area contributed by atoms with Crippen LogP contribution >= 0.6 is 0 Å². The van der Waals surface area contributed by atoms with Gasteiger partial charge in [0.25, 0.3) is 0 Å². The van der Waals surface area contributed by atoms with E-state index in [0.717, 1.165) is 45.3 Å². The summed E-state index contributed by atoms with van der Waals surface area (Å²) in [4.78, 5) is 0. The maximum Gasteiger partial charge on any atom is 0.157 e. The lowest BCUT2D eigenvalue weighted by Gasteiger charge is -2.22. The second kappa shape index (κ2) is 12.8. The lowest BCUT2D eigenvalue weighted by molar-refractivity contribution is -0.162. The van der Waals surface area contributed by atoms with E-state index in [1.807, 2.05) is 0 Å². The van der Waals surface area contributed by atoms with E-state index in [4.69, 9.17) is 10.8 Å². The van der Waals surface area contributed by atoms with E-state index in [1.54, 1.807) is 0 Å². The van der Waals surface area contributed by atoms with Crippen molar-refractivity contribution >= 4 is 0 Å². The highest BCUT2D eigenvalue weighted by atomic mass is 16.7. The molecule has 1 rings (SSSR count). The SMILES string of the molecule is [2H]C[C@@H](C)/C=C\C/C=C\C/C=C\CCCOC1CCCCO1. The Morgan fingerprint density at radius 3 is 2.76 bits per heavy atom. The minimum absolute atomic E-state index is 0.0477. The molecule has 1 aliphatic rings. The molecule has 0 amide bonds. The van der Waals surface area contributed by atoms with Crippen LogP contribution in [0.4, 0.5) is 0 Å². The van der Waals surface area contributed by atoms with E-state index < -0.39 is 0 Å². The van der Waals surface area contributed by atoms with Gasteiger partial charge in [-0.2, -0.15) is 0 Å². The van der Waals surface area contributed by atoms with Crippen molar-refractivity contribution in [2.24, 2.45) is 5.92 Å². The summed E-state index contributed by atoms with van der Waals surface area (Å²) in [7, 11) is 0. The van der Waals surface area contributed by atoms with Crippen molar-refractivity contribution in [3.8, 4) is 0 Å². The van der Waals surface area contributed by atoms with Crippen LogP contribution in [-0.2, 0) is 9.47 Å². The van der Waals surface area contributed by atoms with Gasteiger partial charge in [0.05, 0.1) is 6.61 Å². The molecular weight excluding hydrogens is 260 g/mol. The first-order valence-electron chi connectivity index (χ1n) is 9.02. The Hall–Kier alpha value is -0.860. The molecule has 0 aromatic carbocycles. The largest absolute Gasteiger partial charge is 0.353 e. The van der Waals surface area contributed by atoms with E-state index in [2.05, 4.69) is 43.4 Å². The van der Waals surface area contributed by atoms with Crippen molar-refractivity contribution in [3.05, 3.63) is 36.5 Å². The Balaban J connectivity index is 1.90. The third-order valence-electron chi connectivity index (χ3n) is 3.30. The number of hydrogen-bond acceptors (Lipinski definition) is 2. The summed E-state index contributed by atoms with van der Waals surface area (Å²) in [5.74, 6) is 0.370. The average Bonchev–Trinajstić information content (AvgIpc) is 2.56. The summed E-state index contributed by atoms with van der Waals surface area (Å²) >= 11 is 0. The molecule has 1 saturated heterocycles. The van der Waals surface area contributed by atoms with Crippen LogP contribution in [-0.4, -0.2) is 19.5 Å². The van der Waals surface area contributed by atoms with Crippen LogP contribution in [0.5, 0.6) is 0 Å². The topological polar surface area (TPSA) is 18.5 Å². The predicted octanol–water partition coefficient (Wildman–Crippen LogP) is 5.41. The predicted molar refractivity (Wildman–Crippen MR) is 90.3 cm³/mol. The van der Waals surface area contributed by atoms with Crippen molar-refractivity contribution in [3.63, 3.8) is 0 Å². The molecule has 2 heteroatoms. The minimum atomic E-state index is 0.0477. The van der Waals surface area contributed by atoms with E-state index in [1.165, 1.54) is 12.8 Å². The van der Waals surface area contributed by atoms with E-state index in [9.17, 15) is 0 Å². The van der Waals surface area contributed by atoms with Gasteiger partial charge in [-0.15, -0.1) is 0 Å². The van der Waals surface area contributed by atoms with Gasteiger partial charge in [-0.05, 0) is 50.9 Å². The number of allylic oxidation sites excluding steroid dienone is 6. The Bertz CT molecular complexity index is 330. The molecule has 1 fully saturated rings. The van der Waals surface area contributed by atoms with Crippen molar-refractivity contribution in [1.82, 2.24) is 0 Å². The van der Waals surface area contributed by atoms with Crippen molar-refractivity contribution in [1.29, 1.82) is 0 Å². The molecule has 0 spiro atoms. The van der Waals surface area contributed by atoms with Gasteiger partial charge < -0.3 is 9.47 Å². The molecule has 1 aliphatic heterocycles. The molecule has 120 valence electrons. The van der Waals surface area contributed by atoms with E-state index in [-0.39, 0.29) is 6.29 Å². The van der Waals surface area contributed by atoms with Gasteiger partial charge in [0.15, 0.2) is 6.29 Å². The summed E-state index contributed by atoms with van der Waals surface area (Å²) in [5, 5.41) is 0. The van der Waals surface area contributed by atoms with Gasteiger partial charge in [0, 0.05) is 7.98 Å². The zero-order chi connectivity index (χ0) is 15.9. The zero-order valence-corrected chi connectivity index (χ0v) is 13.5. The standard InChI is InChI=1S/C19H32O2/c1-18(2)14-10-8-6-4-3-5-7-9-12-16-20-19-15-11-13-17-21-19/h4-7,10,14,18-19H,3,8-9,11-13,15-17H2,1-2H3/b6-4-,7-5-,14-10-/i1D/t18-,19?/m0/s1. The monoisotopic (exact) mass is 293 g/mol. The molecule has 21 heavy (non-hydrogen) atoms. The maximum atomic E-state index is 7.21. The first-order valence-corrected chi connectivity index (χ1v) is 8.32. The Morgan fingerprint density at radius 1 is 1.19 bits per heavy atom. The third kappa shape index (κ3) is 11.5. The van der Waals surface area contributed by atoms with Gasteiger partial charge in [0.2, 0.25) is 0 Å². The molecular formula is C19H32O2. The average molecular weight is 293 g/mol. The molecule has 0 aromatic heterocycles. The summed E-state index contributed by atoms with van der Waals surface area (Å²) in [5.41, 5.74) is 0. The van der Waals surface area contributed by atoms with Gasteiger partial charge in [-0.25, -0.2) is 0 Å². The van der Waals surface area contributed by atoms with Crippen LogP contribution in [0, 0.1) is 5.92 Å². The maximum absolute atomic E-state index is 7.21. The Kier molecular flexibility index (Phi) is 10.1. The quantitative estimate of drug-likeness (QED) is 0.396. The van der Waals surface area contributed by atoms with Crippen LogP contribution in [0.15, 0.2) is 36.5 Å². The summed E-state index contributed by atoms with van der Waals surface area (Å²) in [6, 6.07) is 0. The second-order valence-corrected chi connectivity index (χ2v) is 5.63. The fourth-order valence-corrected chi connectivity index (χ4v) is 2.13. The third-order valence-corrected chi connectivity index (χ3v) is 3.30. The van der Waals surface area contributed by atoms with Crippen molar-refractivity contribution in [2.75, 3.05) is 13.2 Å². The molecule has 1 unspecified atom stereocenters. The molecule has 0 aromatic rings. The molecule has 1 heterocycles. The normalized spacial score (nSPS) is 22.3. The van der Waals surface area contributed by atoms with Crippen molar-refractivity contribution < 1.29 is 10.8 Å². The fraction of sp³-hybridized carbons (Fsp3) is 0.684. The number of ether oxygens (including phenoxy) is 2. The highest BCUT2D eigenvalue weighted by molar-refractivity contribution is 4.97. The van der Waals surface area contributed by atoms with Crippen LogP contribution in [0.25, 0.3) is 0 Å². The number of rotatable bonds is 10. The summed E-state index contributed by atoms with van der Waals surface area (Å²) < 4.78 is 18.4. The molecule has 0 bridgehead atoms. The summed E-state index contributed by atoms with van der Waals surface area (Å²) in [6.07, 6.45) is 20.7. The van der Waals surface area contributed by atoms with Crippen molar-refractivity contribution in [2.45, 2.75) is 65.1 Å². The lowest BCUT2D eigenvalue weighted by Crippen LogP contribution is -2.22. The van der Waals surface area contributed by atoms with Gasteiger partial charge in [-0.3, -0.25) is 0 Å². The number of hydrogen-bond donors (Lipinski definition) is 0.